The molecule has 0 saturated carbocycles. The van der Waals surface area contributed by atoms with E-state index in [0.717, 1.165) is 0 Å². The highest BCUT2D eigenvalue weighted by molar-refractivity contribution is 5.86. The first-order chi connectivity index (χ1) is 8.81. The maximum Gasteiger partial charge on any atom is 0.328 e. The van der Waals surface area contributed by atoms with Gasteiger partial charge in [0.2, 0.25) is 0 Å². The molecule has 0 aromatic heterocycles. The van der Waals surface area contributed by atoms with Crippen molar-refractivity contribution in [1.29, 1.82) is 0 Å². The van der Waals surface area contributed by atoms with E-state index in [0.29, 0.717) is 6.42 Å². The minimum atomic E-state index is -1.42. The lowest BCUT2D eigenvalue weighted by Gasteiger charge is -2.20. The van der Waals surface area contributed by atoms with E-state index < -0.39 is 36.7 Å². The first kappa shape index (κ1) is 17.2. The summed E-state index contributed by atoms with van der Waals surface area (Å²) in [5, 5.41) is 21.8. The van der Waals surface area contributed by atoms with E-state index in [1.807, 2.05) is 19.2 Å². The minimum absolute atomic E-state index is 0.137. The number of aliphatic hydroxyl groups excluding tert-OH is 1. The van der Waals surface area contributed by atoms with Gasteiger partial charge in [-0.1, -0.05) is 13.8 Å². The lowest BCUT2D eigenvalue weighted by molar-refractivity contribution is -0.143. The van der Waals surface area contributed by atoms with Gasteiger partial charge < -0.3 is 25.6 Å². The van der Waals surface area contributed by atoms with Gasteiger partial charge in [-0.3, -0.25) is 0 Å². The van der Waals surface area contributed by atoms with Gasteiger partial charge in [-0.15, -0.1) is 0 Å². The van der Waals surface area contributed by atoms with Crippen molar-refractivity contribution in [3.05, 3.63) is 0 Å². The van der Waals surface area contributed by atoms with Crippen LogP contribution in [0.5, 0.6) is 0 Å². The van der Waals surface area contributed by atoms with Gasteiger partial charge in [0.15, 0.2) is 6.04 Å². The quantitative estimate of drug-likeness (QED) is 0.456. The summed E-state index contributed by atoms with van der Waals surface area (Å²) in [5.41, 5.74) is 0. The summed E-state index contributed by atoms with van der Waals surface area (Å²) in [6.07, 6.45) is 0.358. The Labute approximate surface area is 111 Å². The number of amides is 2. The third-order valence-electron chi connectivity index (χ3n) is 2.28. The summed E-state index contributed by atoms with van der Waals surface area (Å²) in [6.45, 7) is 2.99. The number of rotatable bonds is 7. The van der Waals surface area contributed by atoms with Crippen molar-refractivity contribution in [1.82, 2.24) is 10.6 Å². The molecule has 0 aliphatic rings. The van der Waals surface area contributed by atoms with E-state index in [9.17, 15) is 14.4 Å². The molecule has 0 fully saturated rings. The van der Waals surface area contributed by atoms with Crippen molar-refractivity contribution in [2.45, 2.75) is 32.4 Å². The second-order valence-corrected chi connectivity index (χ2v) is 4.40. The van der Waals surface area contributed by atoms with Gasteiger partial charge in [-0.2, -0.15) is 0 Å². The van der Waals surface area contributed by atoms with Crippen molar-refractivity contribution in [2.24, 2.45) is 5.92 Å². The number of carbonyl (C=O) groups is 3. The Balaban J connectivity index is 4.53. The van der Waals surface area contributed by atoms with Gasteiger partial charge in [0.1, 0.15) is 6.04 Å². The zero-order chi connectivity index (χ0) is 15.0. The molecule has 4 N–H and O–H groups in total. The Morgan fingerprint density at radius 3 is 2.05 bits per heavy atom. The number of carboxylic acid groups (broad SMARTS) is 1. The van der Waals surface area contributed by atoms with Crippen LogP contribution in [0.3, 0.4) is 0 Å². The zero-order valence-electron chi connectivity index (χ0n) is 11.2. The summed E-state index contributed by atoms with van der Waals surface area (Å²) in [5.74, 6) is -1.84. The molecule has 0 radical (unpaired) electrons. The van der Waals surface area contributed by atoms with Crippen LogP contribution >= 0.6 is 0 Å². The number of urea groups is 1. The second kappa shape index (κ2) is 8.30. The summed E-state index contributed by atoms with van der Waals surface area (Å²) >= 11 is 0. The number of carboxylic acids is 1. The SMILES string of the molecule is COC(=O)[C@H](CC(C)C)NC(=O)N[C@@H](CO)C(=O)O. The van der Waals surface area contributed by atoms with Crippen molar-refractivity contribution in [3.8, 4) is 0 Å². The number of nitrogens with one attached hydrogen (secondary N) is 2. The van der Waals surface area contributed by atoms with Crippen LogP contribution in [0, 0.1) is 5.92 Å². The topological polar surface area (TPSA) is 125 Å². The number of methoxy groups -OCH3 is 1. The lowest BCUT2D eigenvalue weighted by atomic mass is 10.0. The third-order valence-corrected chi connectivity index (χ3v) is 2.28. The Morgan fingerprint density at radius 2 is 1.68 bits per heavy atom. The van der Waals surface area contributed by atoms with E-state index in [4.69, 9.17) is 10.2 Å². The van der Waals surface area contributed by atoms with E-state index >= 15 is 0 Å². The first-order valence-electron chi connectivity index (χ1n) is 5.80. The summed E-state index contributed by atoms with van der Waals surface area (Å²) in [6, 6.07) is -3.13. The highest BCUT2D eigenvalue weighted by Crippen LogP contribution is 2.06. The molecule has 0 heterocycles. The number of hydrogen-bond donors (Lipinski definition) is 4. The van der Waals surface area contributed by atoms with Gasteiger partial charge >= 0.3 is 18.0 Å². The molecule has 0 aromatic rings. The number of esters is 1. The normalized spacial score (nSPS) is 13.5. The Hall–Kier alpha value is -1.83. The fourth-order valence-electron chi connectivity index (χ4n) is 1.37. The predicted molar refractivity (Wildman–Crippen MR) is 65.4 cm³/mol. The summed E-state index contributed by atoms with van der Waals surface area (Å²) in [4.78, 5) is 33.6. The molecular formula is C11H20N2O6. The summed E-state index contributed by atoms with van der Waals surface area (Å²) < 4.78 is 4.55. The first-order valence-corrected chi connectivity index (χ1v) is 5.80. The Morgan fingerprint density at radius 1 is 1.16 bits per heavy atom. The predicted octanol–water partition coefficient (Wildman–Crippen LogP) is -0.681. The highest BCUT2D eigenvalue weighted by atomic mass is 16.5. The molecule has 2 amide bonds. The molecule has 0 spiro atoms. The Kier molecular flexibility index (Phi) is 7.50. The number of carbonyl (C=O) groups excluding carboxylic acids is 2. The van der Waals surface area contributed by atoms with Crippen LogP contribution in [-0.2, 0) is 14.3 Å². The molecule has 0 saturated heterocycles. The summed E-state index contributed by atoms with van der Waals surface area (Å²) in [7, 11) is 1.20. The minimum Gasteiger partial charge on any atom is -0.480 e. The van der Waals surface area contributed by atoms with Crippen molar-refractivity contribution >= 4 is 18.0 Å². The molecule has 0 bridgehead atoms. The van der Waals surface area contributed by atoms with Crippen LogP contribution in [0.4, 0.5) is 4.79 Å². The van der Waals surface area contributed by atoms with Gasteiger partial charge in [-0.05, 0) is 12.3 Å². The molecule has 8 nitrogen and oxygen atoms in total. The molecular weight excluding hydrogens is 256 g/mol. The molecule has 0 unspecified atom stereocenters. The monoisotopic (exact) mass is 276 g/mol. The highest BCUT2D eigenvalue weighted by Gasteiger charge is 2.25. The van der Waals surface area contributed by atoms with Crippen LogP contribution in [0.1, 0.15) is 20.3 Å². The third kappa shape index (κ3) is 6.61. The fraction of sp³-hybridized carbons (Fsp3) is 0.727. The maximum absolute atomic E-state index is 11.5. The number of aliphatic hydroxyl groups is 1. The van der Waals surface area contributed by atoms with Crippen LogP contribution in [0.2, 0.25) is 0 Å². The van der Waals surface area contributed by atoms with Crippen molar-refractivity contribution in [3.63, 3.8) is 0 Å². The smallest absolute Gasteiger partial charge is 0.328 e. The van der Waals surface area contributed by atoms with E-state index in [1.165, 1.54) is 7.11 Å². The second-order valence-electron chi connectivity index (χ2n) is 4.40. The van der Waals surface area contributed by atoms with Crippen molar-refractivity contribution in [2.75, 3.05) is 13.7 Å². The number of hydrogen-bond acceptors (Lipinski definition) is 5. The molecule has 0 rings (SSSR count). The van der Waals surface area contributed by atoms with Gasteiger partial charge in [0.05, 0.1) is 13.7 Å². The number of ether oxygens (including phenoxy) is 1. The van der Waals surface area contributed by atoms with Crippen LogP contribution in [-0.4, -0.2) is 54.0 Å². The average molecular weight is 276 g/mol. The molecule has 0 aliphatic heterocycles. The fourth-order valence-corrected chi connectivity index (χ4v) is 1.37. The van der Waals surface area contributed by atoms with Crippen molar-refractivity contribution < 1.29 is 29.3 Å². The van der Waals surface area contributed by atoms with E-state index in [-0.39, 0.29) is 5.92 Å². The van der Waals surface area contributed by atoms with Gasteiger partial charge in [0.25, 0.3) is 0 Å². The van der Waals surface area contributed by atoms with Crippen LogP contribution < -0.4 is 10.6 Å². The average Bonchev–Trinajstić information content (AvgIpc) is 2.33. The molecule has 2 atom stereocenters. The molecule has 19 heavy (non-hydrogen) atoms. The number of aliphatic carboxylic acids is 1. The zero-order valence-corrected chi connectivity index (χ0v) is 11.2. The molecule has 110 valence electrons. The molecule has 0 aromatic carbocycles. The lowest BCUT2D eigenvalue weighted by Crippen LogP contribution is -2.52. The van der Waals surface area contributed by atoms with E-state index in [2.05, 4.69) is 10.1 Å². The van der Waals surface area contributed by atoms with Gasteiger partial charge in [-0.25, -0.2) is 14.4 Å². The van der Waals surface area contributed by atoms with E-state index in [1.54, 1.807) is 0 Å². The standard InChI is InChI=1S/C11H20N2O6/c1-6(2)4-7(10(17)19-3)12-11(18)13-8(5-14)9(15)16/h6-8,14H,4-5H2,1-3H3,(H,15,16)(H2,12,13,18)/t7-,8-/m0/s1. The van der Waals surface area contributed by atoms with Crippen LogP contribution in [0.15, 0.2) is 0 Å². The Bertz CT molecular complexity index is 331. The largest absolute Gasteiger partial charge is 0.480 e. The van der Waals surface area contributed by atoms with Gasteiger partial charge in [0, 0.05) is 0 Å². The molecule has 8 heteroatoms. The maximum atomic E-state index is 11.5. The molecule has 0 aliphatic carbocycles. The van der Waals surface area contributed by atoms with Crippen LogP contribution in [0.25, 0.3) is 0 Å².